The van der Waals surface area contributed by atoms with E-state index in [1.165, 1.54) is 74.5 Å². The minimum Gasteiger partial charge on any atom is -1.00 e. The summed E-state index contributed by atoms with van der Waals surface area (Å²) in [6.07, 6.45) is 24.1. The maximum atomic E-state index is 2.99. The zero-order valence-corrected chi connectivity index (χ0v) is 22.6. The summed E-state index contributed by atoms with van der Waals surface area (Å²) in [6, 6.07) is 13.8. The fourth-order valence-corrected chi connectivity index (χ4v) is 6.08. The van der Waals surface area contributed by atoms with Crippen LogP contribution in [0.15, 0.2) is 54.6 Å². The quantitative estimate of drug-likeness (QED) is 0.193. The number of fused-ring (bicyclic) bond motifs is 1. The predicted molar refractivity (Wildman–Crippen MR) is 126 cm³/mol. The molecular formula is C26H37Cl2PTi. The fraction of sp³-hybridized carbons (Fsp3) is 0.500. The molecule has 164 valence electrons. The first-order valence-electron chi connectivity index (χ1n) is 11.0. The van der Waals surface area contributed by atoms with Crippen LogP contribution in [0.3, 0.4) is 0 Å². The molecule has 0 saturated heterocycles. The Labute approximate surface area is 214 Å². The van der Waals surface area contributed by atoms with Crippen molar-refractivity contribution >= 4 is 24.0 Å². The standard InChI is InChI=1S/C21H32P.C5H5.2ClH.Ti/c1-3-5-7-11-15-22(16-12-8-6-4-2)21-17-19-13-9-10-14-20(19)18-21;1-2-4-5-3-1;;;/h9-10,13-14,17-18H,3-8,11-12,15-16H2,1-2H3;1-3H,4H2;2*1H;/q2*-1;;;+4/p-2. The molecule has 0 amide bonds. The van der Waals surface area contributed by atoms with Crippen molar-refractivity contribution in [2.45, 2.75) is 71.6 Å². The van der Waals surface area contributed by atoms with Crippen molar-refractivity contribution in [2.75, 3.05) is 12.3 Å². The van der Waals surface area contributed by atoms with E-state index in [4.69, 9.17) is 0 Å². The van der Waals surface area contributed by atoms with Crippen molar-refractivity contribution in [1.82, 2.24) is 0 Å². The van der Waals surface area contributed by atoms with Crippen LogP contribution in [0.25, 0.3) is 10.8 Å². The molecule has 0 unspecified atom stereocenters. The van der Waals surface area contributed by atoms with Gasteiger partial charge in [-0.3, -0.25) is 6.08 Å². The van der Waals surface area contributed by atoms with Gasteiger partial charge in [0.05, 0.1) is 0 Å². The SMILES string of the molecule is CCCCCCP(CCCCCC)c1cc2ccccc2[cH-]1.[C-]1=CC=CC1.[Cl-].[Cl-].[Ti+4]. The topological polar surface area (TPSA) is 0 Å². The predicted octanol–water partition coefficient (Wildman–Crippen LogP) is 2.14. The van der Waals surface area contributed by atoms with E-state index in [0.29, 0.717) is 0 Å². The van der Waals surface area contributed by atoms with Gasteiger partial charge in [0.15, 0.2) is 0 Å². The molecule has 3 rings (SSSR count). The van der Waals surface area contributed by atoms with Crippen LogP contribution in [-0.4, -0.2) is 12.3 Å². The Morgan fingerprint density at radius 1 is 0.900 bits per heavy atom. The second-order valence-electron chi connectivity index (χ2n) is 7.45. The molecule has 0 aromatic heterocycles. The Morgan fingerprint density at radius 3 is 2.00 bits per heavy atom. The van der Waals surface area contributed by atoms with E-state index in [0.717, 1.165) is 6.42 Å². The number of hydrogen-bond donors (Lipinski definition) is 0. The summed E-state index contributed by atoms with van der Waals surface area (Å²) in [5.41, 5.74) is 0. The molecule has 0 spiro atoms. The number of rotatable bonds is 11. The molecule has 0 N–H and O–H groups in total. The summed E-state index contributed by atoms with van der Waals surface area (Å²) in [7, 11) is 0.0642. The molecule has 30 heavy (non-hydrogen) atoms. The maximum Gasteiger partial charge on any atom is 4.00 e. The summed E-state index contributed by atoms with van der Waals surface area (Å²) in [6.45, 7) is 4.61. The summed E-state index contributed by atoms with van der Waals surface area (Å²) < 4.78 is 0. The number of hydrogen-bond acceptors (Lipinski definition) is 0. The van der Waals surface area contributed by atoms with Crippen molar-refractivity contribution in [3.05, 3.63) is 60.7 Å². The third-order valence-electron chi connectivity index (χ3n) is 5.12. The molecule has 0 bridgehead atoms. The smallest absolute Gasteiger partial charge is 1.00 e. The van der Waals surface area contributed by atoms with E-state index in [1.54, 1.807) is 5.30 Å². The minimum absolute atomic E-state index is 0. The van der Waals surface area contributed by atoms with Crippen molar-refractivity contribution in [3.63, 3.8) is 0 Å². The second-order valence-corrected chi connectivity index (χ2v) is 9.94. The molecule has 0 atom stereocenters. The first-order valence-corrected chi connectivity index (χ1v) is 12.7. The Morgan fingerprint density at radius 2 is 1.53 bits per heavy atom. The average molecular weight is 499 g/mol. The molecule has 4 heteroatoms. The van der Waals surface area contributed by atoms with Crippen LogP contribution >= 0.6 is 7.92 Å². The zero-order valence-electron chi connectivity index (χ0n) is 18.7. The van der Waals surface area contributed by atoms with Crippen LogP contribution in [0.2, 0.25) is 0 Å². The van der Waals surface area contributed by atoms with Gasteiger partial charge in [0.1, 0.15) is 0 Å². The van der Waals surface area contributed by atoms with Gasteiger partial charge in [-0.05, 0) is 25.2 Å². The largest absolute Gasteiger partial charge is 4.00 e. The van der Waals surface area contributed by atoms with Gasteiger partial charge in [-0.2, -0.15) is 12.1 Å². The number of allylic oxidation sites excluding steroid dienone is 4. The summed E-state index contributed by atoms with van der Waals surface area (Å²) in [5.74, 6) is 0. The summed E-state index contributed by atoms with van der Waals surface area (Å²) in [5, 5.41) is 4.53. The van der Waals surface area contributed by atoms with E-state index < -0.39 is 0 Å². The fourth-order valence-electron chi connectivity index (χ4n) is 3.49. The molecule has 1 aliphatic rings. The van der Waals surface area contributed by atoms with Gasteiger partial charge >= 0.3 is 21.7 Å². The van der Waals surface area contributed by atoms with Crippen molar-refractivity contribution < 1.29 is 46.5 Å². The normalized spacial score (nSPS) is 11.4. The van der Waals surface area contributed by atoms with E-state index in [2.05, 4.69) is 62.4 Å². The molecule has 0 aliphatic heterocycles. The molecule has 2 aromatic carbocycles. The van der Waals surface area contributed by atoms with Gasteiger partial charge in [-0.15, -0.1) is 46.8 Å². The van der Waals surface area contributed by atoms with Crippen LogP contribution in [0, 0.1) is 6.08 Å². The van der Waals surface area contributed by atoms with Gasteiger partial charge in [-0.25, -0.2) is 12.2 Å². The van der Waals surface area contributed by atoms with Crippen LogP contribution in [0.4, 0.5) is 0 Å². The molecular weight excluding hydrogens is 462 g/mol. The molecule has 1 aliphatic carbocycles. The Balaban J connectivity index is 0. The first-order chi connectivity index (χ1) is 13.3. The van der Waals surface area contributed by atoms with Crippen LogP contribution in [0.5, 0.6) is 0 Å². The Bertz CT molecular complexity index is 638. The van der Waals surface area contributed by atoms with Gasteiger partial charge in [0.2, 0.25) is 0 Å². The summed E-state index contributed by atoms with van der Waals surface area (Å²) in [4.78, 5) is 0. The van der Waals surface area contributed by atoms with E-state index in [-0.39, 0.29) is 54.5 Å². The van der Waals surface area contributed by atoms with Crippen molar-refractivity contribution in [3.8, 4) is 0 Å². The Kier molecular flexibility index (Phi) is 22.5. The van der Waals surface area contributed by atoms with Crippen LogP contribution in [0.1, 0.15) is 71.6 Å². The third-order valence-corrected chi connectivity index (χ3v) is 7.82. The molecule has 0 heterocycles. The van der Waals surface area contributed by atoms with E-state index >= 15 is 0 Å². The monoisotopic (exact) mass is 498 g/mol. The maximum absolute atomic E-state index is 2.99. The van der Waals surface area contributed by atoms with Gasteiger partial charge < -0.3 is 24.8 Å². The Hall–Kier alpha value is 0.0343. The average Bonchev–Trinajstić information content (AvgIpc) is 3.39. The van der Waals surface area contributed by atoms with E-state index in [1.807, 2.05) is 12.2 Å². The third kappa shape index (κ3) is 12.8. The van der Waals surface area contributed by atoms with Crippen molar-refractivity contribution in [1.29, 1.82) is 0 Å². The van der Waals surface area contributed by atoms with E-state index in [9.17, 15) is 0 Å². The van der Waals surface area contributed by atoms with Gasteiger partial charge in [-0.1, -0.05) is 66.4 Å². The minimum atomic E-state index is 0. The number of unbranched alkanes of at least 4 members (excludes halogenated alkanes) is 6. The molecule has 0 nitrogen and oxygen atoms in total. The van der Waals surface area contributed by atoms with Gasteiger partial charge in [0, 0.05) is 0 Å². The van der Waals surface area contributed by atoms with Crippen molar-refractivity contribution in [2.24, 2.45) is 0 Å². The van der Waals surface area contributed by atoms with Crippen LogP contribution < -0.4 is 30.1 Å². The molecule has 0 saturated carbocycles. The second kappa shape index (κ2) is 20.9. The number of benzene rings is 1. The summed E-state index contributed by atoms with van der Waals surface area (Å²) >= 11 is 0. The molecule has 2 aromatic rings. The zero-order chi connectivity index (χ0) is 19.2. The first kappa shape index (κ1) is 32.2. The molecule has 0 fully saturated rings. The van der Waals surface area contributed by atoms with Crippen LogP contribution in [-0.2, 0) is 21.7 Å². The van der Waals surface area contributed by atoms with Gasteiger partial charge in [0.25, 0.3) is 0 Å². The molecule has 0 radical (unpaired) electrons. The number of halogens is 2.